The van der Waals surface area contributed by atoms with Gasteiger partial charge in [-0.1, -0.05) is 0 Å². The van der Waals surface area contributed by atoms with Crippen molar-refractivity contribution in [2.45, 2.75) is 0 Å². The van der Waals surface area contributed by atoms with Gasteiger partial charge in [-0.2, -0.15) is 0 Å². The van der Waals surface area contributed by atoms with Crippen LogP contribution in [0.4, 0.5) is 0 Å². The topological polar surface area (TPSA) is 84.7 Å². The Morgan fingerprint density at radius 3 is 2.89 bits per heavy atom. The molecule has 0 fully saturated rings. The number of H-pyrrole nitrogens is 1. The fraction of sp³-hybridized carbons (Fsp3) is 0. The van der Waals surface area contributed by atoms with Crippen molar-refractivity contribution in [1.82, 2.24) is 15.0 Å². The van der Waals surface area contributed by atoms with E-state index in [1.165, 1.54) is 0 Å². The number of imidazole rings is 1. The molecule has 1 amide bonds. The molecule has 5 heteroatoms. The number of carbonyl (C=O) groups excluding carboxylic acids is 1. The van der Waals surface area contributed by atoms with Gasteiger partial charge in [-0.3, -0.25) is 9.78 Å². The van der Waals surface area contributed by atoms with Crippen LogP contribution in [-0.2, 0) is 0 Å². The first-order chi connectivity index (χ1) is 8.74. The summed E-state index contributed by atoms with van der Waals surface area (Å²) in [6, 6.07) is 8.89. The number of carbonyl (C=O) groups is 1. The third kappa shape index (κ3) is 1.71. The van der Waals surface area contributed by atoms with E-state index in [1.54, 1.807) is 30.6 Å². The van der Waals surface area contributed by atoms with E-state index in [4.69, 9.17) is 5.73 Å². The fourth-order valence-corrected chi connectivity index (χ4v) is 1.80. The average Bonchev–Trinajstić information content (AvgIpc) is 2.82. The molecule has 18 heavy (non-hydrogen) atoms. The number of pyridine rings is 1. The Balaban J connectivity index is 2.14. The zero-order chi connectivity index (χ0) is 12.5. The van der Waals surface area contributed by atoms with Crippen LogP contribution in [0.15, 0.2) is 42.7 Å². The van der Waals surface area contributed by atoms with Crippen molar-refractivity contribution in [3.05, 3.63) is 48.3 Å². The number of rotatable bonds is 2. The molecule has 0 aliphatic rings. The fourth-order valence-electron chi connectivity index (χ4n) is 1.80. The van der Waals surface area contributed by atoms with Crippen molar-refractivity contribution < 1.29 is 4.79 Å². The van der Waals surface area contributed by atoms with Gasteiger partial charge in [-0.05, 0) is 30.3 Å². The molecule has 0 spiro atoms. The van der Waals surface area contributed by atoms with Crippen LogP contribution in [-0.4, -0.2) is 20.9 Å². The van der Waals surface area contributed by atoms with E-state index in [0.29, 0.717) is 5.56 Å². The number of primary amides is 1. The smallest absolute Gasteiger partial charge is 0.248 e. The molecule has 2 heterocycles. The summed E-state index contributed by atoms with van der Waals surface area (Å²) in [5.41, 5.74) is 8.17. The average molecular weight is 238 g/mol. The van der Waals surface area contributed by atoms with Crippen molar-refractivity contribution in [2.24, 2.45) is 5.73 Å². The number of benzene rings is 1. The Labute approximate surface area is 103 Å². The van der Waals surface area contributed by atoms with E-state index in [1.807, 2.05) is 12.1 Å². The van der Waals surface area contributed by atoms with Gasteiger partial charge in [0.05, 0.1) is 11.0 Å². The Kier molecular flexibility index (Phi) is 2.30. The second-order valence-electron chi connectivity index (χ2n) is 3.92. The Morgan fingerprint density at radius 1 is 1.28 bits per heavy atom. The van der Waals surface area contributed by atoms with Crippen LogP contribution in [0.3, 0.4) is 0 Å². The Hall–Kier alpha value is -2.69. The lowest BCUT2D eigenvalue weighted by Crippen LogP contribution is -2.10. The van der Waals surface area contributed by atoms with Gasteiger partial charge in [0.1, 0.15) is 5.82 Å². The number of nitrogens with two attached hydrogens (primary N) is 1. The van der Waals surface area contributed by atoms with Crippen LogP contribution in [0.25, 0.3) is 22.4 Å². The molecule has 3 N–H and O–H groups in total. The predicted octanol–water partition coefficient (Wildman–Crippen LogP) is 1.72. The summed E-state index contributed by atoms with van der Waals surface area (Å²) in [5.74, 6) is 0.272. The summed E-state index contributed by atoms with van der Waals surface area (Å²) in [4.78, 5) is 22.7. The quantitative estimate of drug-likeness (QED) is 0.712. The minimum Gasteiger partial charge on any atom is -0.366 e. The predicted molar refractivity (Wildman–Crippen MR) is 67.8 cm³/mol. The molecular weight excluding hydrogens is 228 g/mol. The number of nitrogens with one attached hydrogen (secondary N) is 1. The standard InChI is InChI=1S/C13H10N4O/c14-12(18)8-3-4-10-11(6-8)17-13(16-10)9-2-1-5-15-7-9/h1-7H,(H2,14,18)(H,16,17). The number of fused-ring (bicyclic) bond motifs is 1. The molecule has 0 radical (unpaired) electrons. The molecule has 3 rings (SSSR count). The van der Waals surface area contributed by atoms with Gasteiger partial charge in [0.25, 0.3) is 0 Å². The highest BCUT2D eigenvalue weighted by Crippen LogP contribution is 2.20. The molecule has 0 atom stereocenters. The van der Waals surface area contributed by atoms with E-state index in [0.717, 1.165) is 22.4 Å². The second-order valence-corrected chi connectivity index (χ2v) is 3.92. The largest absolute Gasteiger partial charge is 0.366 e. The zero-order valence-corrected chi connectivity index (χ0v) is 9.42. The van der Waals surface area contributed by atoms with E-state index >= 15 is 0 Å². The SMILES string of the molecule is NC(=O)c1ccc2nc(-c3cccnc3)[nH]c2c1. The lowest BCUT2D eigenvalue weighted by atomic mass is 10.2. The van der Waals surface area contributed by atoms with Gasteiger partial charge >= 0.3 is 0 Å². The highest BCUT2D eigenvalue weighted by atomic mass is 16.1. The van der Waals surface area contributed by atoms with Crippen LogP contribution >= 0.6 is 0 Å². The maximum atomic E-state index is 11.1. The summed E-state index contributed by atoms with van der Waals surface area (Å²) in [5, 5.41) is 0. The van der Waals surface area contributed by atoms with Crippen LogP contribution in [0.5, 0.6) is 0 Å². The lowest BCUT2D eigenvalue weighted by molar-refractivity contribution is 0.100. The molecule has 88 valence electrons. The van der Waals surface area contributed by atoms with E-state index in [-0.39, 0.29) is 0 Å². The highest BCUT2D eigenvalue weighted by Gasteiger charge is 2.07. The summed E-state index contributed by atoms with van der Waals surface area (Å²) < 4.78 is 0. The summed E-state index contributed by atoms with van der Waals surface area (Å²) >= 11 is 0. The second kappa shape index (κ2) is 3.96. The van der Waals surface area contributed by atoms with Crippen LogP contribution < -0.4 is 5.73 Å². The third-order valence-electron chi connectivity index (χ3n) is 2.70. The van der Waals surface area contributed by atoms with Crippen molar-refractivity contribution in [3.63, 3.8) is 0 Å². The zero-order valence-electron chi connectivity index (χ0n) is 9.42. The van der Waals surface area contributed by atoms with Crippen molar-refractivity contribution in [2.75, 3.05) is 0 Å². The number of aromatic nitrogens is 3. The monoisotopic (exact) mass is 238 g/mol. The molecule has 0 saturated heterocycles. The molecule has 0 aliphatic carbocycles. The molecule has 0 aliphatic heterocycles. The summed E-state index contributed by atoms with van der Waals surface area (Å²) in [6.07, 6.45) is 3.43. The summed E-state index contributed by atoms with van der Waals surface area (Å²) in [7, 11) is 0. The molecule has 0 bridgehead atoms. The molecule has 3 aromatic rings. The number of aromatic amines is 1. The molecular formula is C13H10N4O. The number of hydrogen-bond acceptors (Lipinski definition) is 3. The van der Waals surface area contributed by atoms with Crippen LogP contribution in [0.1, 0.15) is 10.4 Å². The highest BCUT2D eigenvalue weighted by molar-refractivity contribution is 5.96. The maximum absolute atomic E-state index is 11.1. The summed E-state index contributed by atoms with van der Waals surface area (Å²) in [6.45, 7) is 0. The van der Waals surface area contributed by atoms with Crippen LogP contribution in [0, 0.1) is 0 Å². The van der Waals surface area contributed by atoms with Crippen molar-refractivity contribution in [3.8, 4) is 11.4 Å². The number of hydrogen-bond donors (Lipinski definition) is 2. The van der Waals surface area contributed by atoms with Gasteiger partial charge in [0, 0.05) is 23.5 Å². The first-order valence-electron chi connectivity index (χ1n) is 5.44. The van der Waals surface area contributed by atoms with Gasteiger partial charge in [-0.25, -0.2) is 4.98 Å². The first kappa shape index (κ1) is 10.5. The Bertz CT molecular complexity index is 718. The minimum atomic E-state index is -0.450. The Morgan fingerprint density at radius 2 is 2.17 bits per heavy atom. The number of nitrogens with zero attached hydrogens (tertiary/aromatic N) is 2. The minimum absolute atomic E-state index is 0.450. The molecule has 0 unspecified atom stereocenters. The van der Waals surface area contributed by atoms with E-state index < -0.39 is 5.91 Å². The molecule has 0 saturated carbocycles. The third-order valence-corrected chi connectivity index (χ3v) is 2.70. The molecule has 1 aromatic carbocycles. The van der Waals surface area contributed by atoms with E-state index in [9.17, 15) is 4.79 Å². The van der Waals surface area contributed by atoms with Gasteiger partial charge < -0.3 is 10.7 Å². The van der Waals surface area contributed by atoms with Gasteiger partial charge in [0.2, 0.25) is 5.91 Å². The normalized spacial score (nSPS) is 10.7. The van der Waals surface area contributed by atoms with Crippen molar-refractivity contribution in [1.29, 1.82) is 0 Å². The first-order valence-corrected chi connectivity index (χ1v) is 5.44. The molecule has 5 nitrogen and oxygen atoms in total. The van der Waals surface area contributed by atoms with E-state index in [2.05, 4.69) is 15.0 Å². The molecule has 2 aromatic heterocycles. The van der Waals surface area contributed by atoms with Crippen molar-refractivity contribution >= 4 is 16.9 Å². The van der Waals surface area contributed by atoms with Crippen LogP contribution in [0.2, 0.25) is 0 Å². The number of amides is 1. The lowest BCUT2D eigenvalue weighted by Gasteiger charge is -1.93. The maximum Gasteiger partial charge on any atom is 0.248 e. The van der Waals surface area contributed by atoms with Gasteiger partial charge in [0.15, 0.2) is 0 Å². The van der Waals surface area contributed by atoms with Gasteiger partial charge in [-0.15, -0.1) is 0 Å².